The summed E-state index contributed by atoms with van der Waals surface area (Å²) in [5, 5.41) is 22.7. The number of hydrogen-bond donors (Lipinski definition) is 5. The molecular formula is C17H27N9O6S2. The fourth-order valence-electron chi connectivity index (χ4n) is 3.58. The lowest BCUT2D eigenvalue weighted by atomic mass is 10.1. The molecule has 0 radical (unpaired) electrons. The number of hydrogen-bond acceptors (Lipinski definition) is 12. The highest BCUT2D eigenvalue weighted by Gasteiger charge is 2.34. The smallest absolute Gasteiger partial charge is 0.242 e. The van der Waals surface area contributed by atoms with E-state index in [4.69, 9.17) is 16.6 Å². The number of azo groups is 1. The molecule has 17 heteroatoms. The molecule has 2 aliphatic heterocycles. The molecule has 0 unspecified atom stereocenters. The number of primary sulfonamides is 1. The second-order valence-corrected chi connectivity index (χ2v) is 10.7. The maximum Gasteiger partial charge on any atom is 0.242 e. The third-order valence-electron chi connectivity index (χ3n) is 5.28. The van der Waals surface area contributed by atoms with Crippen molar-refractivity contribution in [3.8, 4) is 0 Å². The summed E-state index contributed by atoms with van der Waals surface area (Å²) in [6, 6.07) is 2.54. The number of sulfonamides is 2. The molecule has 2 heterocycles. The number of aliphatic imine (C=N–C) groups is 1. The number of piperazine rings is 1. The van der Waals surface area contributed by atoms with Crippen molar-refractivity contribution >= 4 is 37.5 Å². The molecule has 1 aromatic carbocycles. The number of nitrogens with two attached hydrogens (primary N) is 3. The second-order valence-electron chi connectivity index (χ2n) is 7.51. The highest BCUT2D eigenvalue weighted by atomic mass is 32.2. The number of nitrogens with one attached hydrogen (secondary N) is 1. The second kappa shape index (κ2) is 10.4. The Morgan fingerprint density at radius 3 is 2.35 bits per heavy atom. The molecule has 34 heavy (non-hydrogen) atoms. The van der Waals surface area contributed by atoms with Crippen molar-refractivity contribution < 1.29 is 26.7 Å². The van der Waals surface area contributed by atoms with Crippen LogP contribution in [0.4, 0.5) is 5.69 Å². The van der Waals surface area contributed by atoms with E-state index in [1.807, 2.05) is 0 Å². The van der Waals surface area contributed by atoms with Crippen LogP contribution in [0.3, 0.4) is 0 Å². The SMILES string of the molecule is NCC(=O)N1CCN(c2ccc(S(=O)(=O)NC[C@H](O)CN)c(S(N)(=O)=O)c2C2=NCN=N2)CC1. The van der Waals surface area contributed by atoms with Crippen molar-refractivity contribution in [3.05, 3.63) is 17.7 Å². The van der Waals surface area contributed by atoms with Crippen LogP contribution in [0, 0.1) is 0 Å². The third kappa shape index (κ3) is 5.57. The first-order valence-electron chi connectivity index (χ1n) is 10.2. The van der Waals surface area contributed by atoms with Gasteiger partial charge < -0.3 is 26.4 Å². The summed E-state index contributed by atoms with van der Waals surface area (Å²) < 4.78 is 53.5. The van der Waals surface area contributed by atoms with Crippen LogP contribution in [0.5, 0.6) is 0 Å². The van der Waals surface area contributed by atoms with Gasteiger partial charge in [0.25, 0.3) is 0 Å². The standard InChI is InChI=1S/C17H27N9O6S2/c18-7-11(27)9-23-34(31,32)13-2-1-12(25-3-5-26(6-4-25)14(28)8-19)15(16(13)33(20,29)30)17-21-10-22-24-17/h1-2,11,23,27H,3-10,18-19H2,(H2,20,29,30)/t11-/m1/s1. The molecule has 188 valence electrons. The summed E-state index contributed by atoms with van der Waals surface area (Å²) in [4.78, 5) is 18.0. The number of anilines is 1. The topological polar surface area (TPSA) is 239 Å². The number of aliphatic hydroxyl groups is 1. The summed E-state index contributed by atoms with van der Waals surface area (Å²) >= 11 is 0. The van der Waals surface area contributed by atoms with Gasteiger partial charge in [-0.3, -0.25) is 4.79 Å². The van der Waals surface area contributed by atoms with E-state index >= 15 is 0 Å². The lowest BCUT2D eigenvalue weighted by molar-refractivity contribution is -0.129. The fraction of sp³-hybridized carbons (Fsp3) is 0.529. The van der Waals surface area contributed by atoms with Gasteiger partial charge in [-0.05, 0) is 12.1 Å². The highest BCUT2D eigenvalue weighted by Crippen LogP contribution is 2.34. The van der Waals surface area contributed by atoms with E-state index in [9.17, 15) is 26.7 Å². The Bertz CT molecular complexity index is 1210. The lowest BCUT2D eigenvalue weighted by Crippen LogP contribution is -2.50. The van der Waals surface area contributed by atoms with Crippen molar-refractivity contribution in [1.82, 2.24) is 9.62 Å². The molecule has 2 aliphatic rings. The molecule has 0 spiro atoms. The highest BCUT2D eigenvalue weighted by molar-refractivity contribution is 7.92. The van der Waals surface area contributed by atoms with Gasteiger partial charge in [-0.2, -0.15) is 5.11 Å². The summed E-state index contributed by atoms with van der Waals surface area (Å²) in [7, 11) is -9.05. The zero-order chi connectivity index (χ0) is 25.1. The minimum atomic E-state index is -4.61. The number of benzene rings is 1. The van der Waals surface area contributed by atoms with E-state index in [2.05, 4.69) is 19.9 Å². The number of nitrogens with zero attached hydrogens (tertiary/aromatic N) is 5. The molecule has 1 amide bonds. The number of carbonyl (C=O) groups is 1. The Morgan fingerprint density at radius 2 is 1.82 bits per heavy atom. The molecule has 0 aromatic heterocycles. The van der Waals surface area contributed by atoms with Gasteiger partial charge >= 0.3 is 0 Å². The molecule has 0 aliphatic carbocycles. The Kier molecular flexibility index (Phi) is 7.96. The zero-order valence-electron chi connectivity index (χ0n) is 18.2. The lowest BCUT2D eigenvalue weighted by Gasteiger charge is -2.37. The van der Waals surface area contributed by atoms with Gasteiger partial charge in [0, 0.05) is 45.0 Å². The Morgan fingerprint density at radius 1 is 1.15 bits per heavy atom. The molecule has 1 saturated heterocycles. The first-order valence-corrected chi connectivity index (χ1v) is 13.2. The third-order valence-corrected chi connectivity index (χ3v) is 7.86. The number of rotatable bonds is 9. The van der Waals surface area contributed by atoms with Crippen LogP contribution in [-0.2, 0) is 24.8 Å². The summed E-state index contributed by atoms with van der Waals surface area (Å²) in [5.41, 5.74) is 10.9. The molecule has 0 saturated carbocycles. The van der Waals surface area contributed by atoms with Crippen molar-refractivity contribution in [3.63, 3.8) is 0 Å². The maximum atomic E-state index is 13.0. The predicted octanol–water partition coefficient (Wildman–Crippen LogP) is -3.29. The molecule has 8 N–H and O–H groups in total. The minimum Gasteiger partial charge on any atom is -0.390 e. The molecular weight excluding hydrogens is 490 g/mol. The molecule has 0 bridgehead atoms. The van der Waals surface area contributed by atoms with Crippen LogP contribution in [0.1, 0.15) is 5.56 Å². The van der Waals surface area contributed by atoms with Crippen molar-refractivity contribution in [1.29, 1.82) is 0 Å². The molecule has 15 nitrogen and oxygen atoms in total. The van der Waals surface area contributed by atoms with Crippen molar-refractivity contribution in [2.45, 2.75) is 15.9 Å². The summed E-state index contributed by atoms with van der Waals surface area (Å²) in [6.07, 6.45) is -1.17. The van der Waals surface area contributed by atoms with Crippen LogP contribution in [0.25, 0.3) is 0 Å². The van der Waals surface area contributed by atoms with Gasteiger partial charge in [-0.15, -0.1) is 5.11 Å². The van der Waals surface area contributed by atoms with Gasteiger partial charge in [0.1, 0.15) is 9.79 Å². The number of aliphatic hydroxyl groups excluding tert-OH is 1. The quantitative estimate of drug-likeness (QED) is 0.220. The fourth-order valence-corrected chi connectivity index (χ4v) is 6.24. The normalized spacial score (nSPS) is 17.7. The van der Waals surface area contributed by atoms with Gasteiger partial charge in [-0.25, -0.2) is 31.7 Å². The van der Waals surface area contributed by atoms with E-state index in [-0.39, 0.29) is 37.1 Å². The van der Waals surface area contributed by atoms with Crippen LogP contribution < -0.4 is 26.2 Å². The number of amides is 1. The van der Waals surface area contributed by atoms with Gasteiger partial charge in [0.2, 0.25) is 26.0 Å². The first kappa shape index (κ1) is 26.1. The van der Waals surface area contributed by atoms with Crippen LogP contribution >= 0.6 is 0 Å². The van der Waals surface area contributed by atoms with Crippen molar-refractivity contribution in [2.75, 3.05) is 57.4 Å². The van der Waals surface area contributed by atoms with Crippen molar-refractivity contribution in [2.24, 2.45) is 31.8 Å². The largest absolute Gasteiger partial charge is 0.390 e. The first-order chi connectivity index (χ1) is 16.0. The monoisotopic (exact) mass is 517 g/mol. The Hall–Kier alpha value is -2.54. The van der Waals surface area contributed by atoms with Gasteiger partial charge in [0.05, 0.1) is 18.2 Å². The van der Waals surface area contributed by atoms with E-state index in [1.54, 1.807) is 9.80 Å². The van der Waals surface area contributed by atoms with E-state index in [1.165, 1.54) is 6.07 Å². The van der Waals surface area contributed by atoms with Gasteiger partial charge in [-0.1, -0.05) is 0 Å². The molecule has 3 rings (SSSR count). The van der Waals surface area contributed by atoms with Crippen LogP contribution in [0.15, 0.2) is 37.1 Å². The maximum absolute atomic E-state index is 13.0. The van der Waals surface area contributed by atoms with E-state index < -0.39 is 42.5 Å². The average Bonchev–Trinajstić information content (AvgIpc) is 3.35. The summed E-state index contributed by atoms with van der Waals surface area (Å²) in [6.45, 7) is 0.467. The van der Waals surface area contributed by atoms with Crippen LogP contribution in [-0.4, -0.2) is 97.2 Å². The average molecular weight is 518 g/mol. The van der Waals surface area contributed by atoms with Crippen LogP contribution in [0.2, 0.25) is 0 Å². The molecule has 1 aromatic rings. The molecule has 1 atom stereocenters. The Balaban J connectivity index is 2.13. The van der Waals surface area contributed by atoms with Gasteiger partial charge in [0.15, 0.2) is 12.5 Å². The van der Waals surface area contributed by atoms with E-state index in [0.29, 0.717) is 31.9 Å². The number of carbonyl (C=O) groups excluding carboxylic acids is 1. The minimum absolute atomic E-state index is 0.0600. The summed E-state index contributed by atoms with van der Waals surface area (Å²) in [5.74, 6) is -0.301. The predicted molar refractivity (Wildman–Crippen MR) is 122 cm³/mol. The molecule has 1 fully saturated rings. The van der Waals surface area contributed by atoms with E-state index in [0.717, 1.165) is 6.07 Å². The zero-order valence-corrected chi connectivity index (χ0v) is 19.8. The number of amidine groups is 1. The Labute approximate surface area is 196 Å².